The van der Waals surface area contributed by atoms with Crippen molar-refractivity contribution in [1.29, 1.82) is 0 Å². The van der Waals surface area contributed by atoms with Crippen molar-refractivity contribution in [3.8, 4) is 11.3 Å². The van der Waals surface area contributed by atoms with Gasteiger partial charge in [-0.2, -0.15) is 5.10 Å². The summed E-state index contributed by atoms with van der Waals surface area (Å²) < 4.78 is 0. The molecule has 3 rings (SSSR count). The van der Waals surface area contributed by atoms with Crippen molar-refractivity contribution >= 4 is 5.91 Å². The van der Waals surface area contributed by atoms with E-state index in [2.05, 4.69) is 20.5 Å². The fourth-order valence-electron chi connectivity index (χ4n) is 2.44. The Morgan fingerprint density at radius 2 is 2.00 bits per heavy atom. The number of carbonyl (C=O) groups excluding carboxylic acids is 1. The minimum Gasteiger partial charge on any atom is -0.348 e. The van der Waals surface area contributed by atoms with Gasteiger partial charge in [-0.3, -0.25) is 14.9 Å². The summed E-state index contributed by atoms with van der Waals surface area (Å²) in [6.07, 6.45) is 7.99. The third kappa shape index (κ3) is 2.65. The highest BCUT2D eigenvalue weighted by Gasteiger charge is 2.19. The highest BCUT2D eigenvalue weighted by atomic mass is 16.2. The average Bonchev–Trinajstić information content (AvgIpc) is 3.10. The molecule has 1 aliphatic carbocycles. The molecule has 98 valence electrons. The number of amides is 1. The standard InChI is InChI=1S/C14H16N4O/c19-14(16-11-3-1-2-4-11)13-9-12(17-18-13)10-5-7-15-8-6-10/h5-9,11H,1-4H2,(H,16,19)(H,17,18). The van der Waals surface area contributed by atoms with Crippen LogP contribution in [0.2, 0.25) is 0 Å². The van der Waals surface area contributed by atoms with Crippen molar-refractivity contribution in [2.24, 2.45) is 0 Å². The maximum absolute atomic E-state index is 12.1. The molecule has 0 atom stereocenters. The SMILES string of the molecule is O=C(NC1CCCC1)c1cc(-c2ccncc2)n[nH]1. The smallest absolute Gasteiger partial charge is 0.269 e. The summed E-state index contributed by atoms with van der Waals surface area (Å²) in [5, 5.41) is 10.0. The lowest BCUT2D eigenvalue weighted by atomic mass is 10.2. The number of pyridine rings is 1. The van der Waals surface area contributed by atoms with Crippen LogP contribution >= 0.6 is 0 Å². The fourth-order valence-corrected chi connectivity index (χ4v) is 2.44. The highest BCUT2D eigenvalue weighted by Crippen LogP contribution is 2.19. The zero-order valence-electron chi connectivity index (χ0n) is 10.6. The molecule has 19 heavy (non-hydrogen) atoms. The lowest BCUT2D eigenvalue weighted by Crippen LogP contribution is -2.32. The molecule has 1 aliphatic rings. The first-order valence-corrected chi connectivity index (χ1v) is 6.59. The molecule has 0 radical (unpaired) electrons. The molecular weight excluding hydrogens is 240 g/mol. The van der Waals surface area contributed by atoms with Crippen LogP contribution in [0, 0.1) is 0 Å². The molecular formula is C14H16N4O. The Morgan fingerprint density at radius 3 is 2.74 bits per heavy atom. The molecule has 2 aromatic rings. The number of aromatic nitrogens is 3. The van der Waals surface area contributed by atoms with Gasteiger partial charge in [-0.15, -0.1) is 0 Å². The Hall–Kier alpha value is -2.17. The van der Waals surface area contributed by atoms with Crippen LogP contribution in [0.3, 0.4) is 0 Å². The number of rotatable bonds is 3. The van der Waals surface area contributed by atoms with Crippen molar-refractivity contribution in [3.63, 3.8) is 0 Å². The number of nitrogens with zero attached hydrogens (tertiary/aromatic N) is 2. The van der Waals surface area contributed by atoms with E-state index in [1.54, 1.807) is 18.5 Å². The van der Waals surface area contributed by atoms with Gasteiger partial charge in [0, 0.05) is 24.0 Å². The van der Waals surface area contributed by atoms with E-state index in [0.717, 1.165) is 24.1 Å². The van der Waals surface area contributed by atoms with Crippen molar-refractivity contribution in [1.82, 2.24) is 20.5 Å². The first-order valence-electron chi connectivity index (χ1n) is 6.59. The van der Waals surface area contributed by atoms with E-state index in [4.69, 9.17) is 0 Å². The van der Waals surface area contributed by atoms with Crippen LogP contribution in [0.25, 0.3) is 11.3 Å². The van der Waals surface area contributed by atoms with E-state index < -0.39 is 0 Å². The predicted molar refractivity (Wildman–Crippen MR) is 71.5 cm³/mol. The van der Waals surface area contributed by atoms with Crippen LogP contribution in [0.1, 0.15) is 36.2 Å². The van der Waals surface area contributed by atoms with Gasteiger partial charge in [-0.1, -0.05) is 12.8 Å². The van der Waals surface area contributed by atoms with Crippen molar-refractivity contribution < 1.29 is 4.79 Å². The molecule has 2 N–H and O–H groups in total. The zero-order valence-corrected chi connectivity index (χ0v) is 10.6. The first-order chi connectivity index (χ1) is 9.33. The number of hydrogen-bond acceptors (Lipinski definition) is 3. The maximum Gasteiger partial charge on any atom is 0.269 e. The molecule has 5 nitrogen and oxygen atoms in total. The summed E-state index contributed by atoms with van der Waals surface area (Å²) in [7, 11) is 0. The van der Waals surface area contributed by atoms with Gasteiger partial charge in [0.1, 0.15) is 5.69 Å². The second kappa shape index (κ2) is 5.22. The van der Waals surface area contributed by atoms with Gasteiger partial charge in [-0.25, -0.2) is 0 Å². The summed E-state index contributed by atoms with van der Waals surface area (Å²) in [5.41, 5.74) is 2.23. The minimum atomic E-state index is -0.0697. The topological polar surface area (TPSA) is 70.7 Å². The second-order valence-electron chi connectivity index (χ2n) is 4.86. The van der Waals surface area contributed by atoms with E-state index in [1.807, 2.05) is 12.1 Å². The summed E-state index contributed by atoms with van der Waals surface area (Å²) in [6, 6.07) is 5.84. The molecule has 0 aliphatic heterocycles. The van der Waals surface area contributed by atoms with E-state index >= 15 is 0 Å². The highest BCUT2D eigenvalue weighted by molar-refractivity contribution is 5.93. The summed E-state index contributed by atoms with van der Waals surface area (Å²) in [4.78, 5) is 16.0. The van der Waals surface area contributed by atoms with Gasteiger partial charge in [0.05, 0.1) is 5.69 Å². The van der Waals surface area contributed by atoms with Crippen LogP contribution < -0.4 is 5.32 Å². The second-order valence-corrected chi connectivity index (χ2v) is 4.86. The molecule has 1 fully saturated rings. The Labute approximate surface area is 111 Å². The van der Waals surface area contributed by atoms with Crippen molar-refractivity contribution in [3.05, 3.63) is 36.3 Å². The Bertz CT molecular complexity index is 558. The Kier molecular flexibility index (Phi) is 3.27. The third-order valence-electron chi connectivity index (χ3n) is 3.49. The summed E-state index contributed by atoms with van der Waals surface area (Å²) in [6.45, 7) is 0. The zero-order chi connectivity index (χ0) is 13.1. The molecule has 1 saturated carbocycles. The van der Waals surface area contributed by atoms with Gasteiger partial charge in [0.2, 0.25) is 0 Å². The van der Waals surface area contributed by atoms with Crippen LogP contribution in [-0.2, 0) is 0 Å². The van der Waals surface area contributed by atoms with Crippen molar-refractivity contribution in [2.75, 3.05) is 0 Å². The molecule has 5 heteroatoms. The normalized spacial score (nSPS) is 15.6. The lowest BCUT2D eigenvalue weighted by Gasteiger charge is -2.09. The van der Waals surface area contributed by atoms with Gasteiger partial charge in [0.25, 0.3) is 5.91 Å². The molecule has 0 unspecified atom stereocenters. The monoisotopic (exact) mass is 256 g/mol. The lowest BCUT2D eigenvalue weighted by molar-refractivity contribution is 0.0933. The maximum atomic E-state index is 12.1. The summed E-state index contributed by atoms with van der Waals surface area (Å²) >= 11 is 0. The van der Waals surface area contributed by atoms with Gasteiger partial charge < -0.3 is 5.32 Å². The molecule has 2 heterocycles. The minimum absolute atomic E-state index is 0.0697. The van der Waals surface area contributed by atoms with E-state index in [9.17, 15) is 4.79 Å². The third-order valence-corrected chi connectivity index (χ3v) is 3.49. The fraction of sp³-hybridized carbons (Fsp3) is 0.357. The quantitative estimate of drug-likeness (QED) is 0.883. The van der Waals surface area contributed by atoms with Gasteiger partial charge >= 0.3 is 0 Å². The largest absolute Gasteiger partial charge is 0.348 e. The molecule has 2 aromatic heterocycles. The summed E-state index contributed by atoms with van der Waals surface area (Å²) in [5.74, 6) is -0.0697. The number of carbonyl (C=O) groups is 1. The number of hydrogen-bond donors (Lipinski definition) is 2. The Morgan fingerprint density at radius 1 is 1.26 bits per heavy atom. The predicted octanol–water partition coefficient (Wildman–Crippen LogP) is 2.14. The Balaban J connectivity index is 1.72. The number of H-pyrrole nitrogens is 1. The average molecular weight is 256 g/mol. The van der Waals surface area contributed by atoms with E-state index in [1.165, 1.54) is 12.8 Å². The van der Waals surface area contributed by atoms with E-state index in [-0.39, 0.29) is 5.91 Å². The van der Waals surface area contributed by atoms with E-state index in [0.29, 0.717) is 11.7 Å². The van der Waals surface area contributed by atoms with Gasteiger partial charge in [0.15, 0.2) is 0 Å². The first kappa shape index (κ1) is 11.9. The van der Waals surface area contributed by atoms with Crippen molar-refractivity contribution in [2.45, 2.75) is 31.7 Å². The van der Waals surface area contributed by atoms with Gasteiger partial charge in [-0.05, 0) is 31.0 Å². The molecule has 0 spiro atoms. The van der Waals surface area contributed by atoms with Crippen LogP contribution in [0.5, 0.6) is 0 Å². The number of aromatic amines is 1. The number of nitrogens with one attached hydrogen (secondary N) is 2. The molecule has 0 aromatic carbocycles. The molecule has 0 bridgehead atoms. The van der Waals surface area contributed by atoms with Crippen LogP contribution in [0.15, 0.2) is 30.6 Å². The molecule has 0 saturated heterocycles. The van der Waals surface area contributed by atoms with Crippen LogP contribution in [0.4, 0.5) is 0 Å². The molecule has 1 amide bonds. The van der Waals surface area contributed by atoms with Crippen LogP contribution in [-0.4, -0.2) is 27.1 Å².